The molecule has 1 atom stereocenters. The zero-order valence-electron chi connectivity index (χ0n) is 7.66. The first kappa shape index (κ1) is 10.3. The van der Waals surface area contributed by atoms with E-state index in [1.807, 2.05) is 24.3 Å². The fraction of sp³-hybridized carbons (Fsp3) is 0.364. The van der Waals surface area contributed by atoms with E-state index < -0.39 is 0 Å². The number of hydrogen-bond acceptors (Lipinski definition) is 1. The Hall–Kier alpha value is -0.820. The van der Waals surface area contributed by atoms with E-state index in [1.54, 1.807) is 0 Å². The van der Waals surface area contributed by atoms with Crippen LogP contribution in [0.2, 0.25) is 5.02 Å². The van der Waals surface area contributed by atoms with Gasteiger partial charge in [0.05, 0.1) is 0 Å². The number of rotatable bonds is 4. The molecule has 0 aliphatic heterocycles. The van der Waals surface area contributed by atoms with Gasteiger partial charge in [-0.25, -0.2) is 0 Å². The molecule has 0 heterocycles. The molecule has 0 aliphatic rings. The average Bonchev–Trinajstić information content (AvgIpc) is 2.15. The molecule has 0 fully saturated rings. The van der Waals surface area contributed by atoms with Crippen molar-refractivity contribution in [3.63, 3.8) is 0 Å². The van der Waals surface area contributed by atoms with Gasteiger partial charge in [0.1, 0.15) is 6.29 Å². The summed E-state index contributed by atoms with van der Waals surface area (Å²) in [5.74, 6) is 0.433. The Kier molecular flexibility index (Phi) is 3.97. The maximum Gasteiger partial charge on any atom is 0.120 e. The zero-order chi connectivity index (χ0) is 9.68. The molecule has 0 amide bonds. The smallest absolute Gasteiger partial charge is 0.120 e. The Morgan fingerprint density at radius 1 is 1.38 bits per heavy atom. The quantitative estimate of drug-likeness (QED) is 0.675. The number of aldehydes is 1. The van der Waals surface area contributed by atoms with Crippen LogP contribution < -0.4 is 0 Å². The lowest BCUT2D eigenvalue weighted by Gasteiger charge is -2.09. The summed E-state index contributed by atoms with van der Waals surface area (Å²) in [6.45, 7) is 2.12. The molecule has 1 rings (SSSR count). The van der Waals surface area contributed by atoms with Crippen LogP contribution in [0.4, 0.5) is 0 Å². The topological polar surface area (TPSA) is 17.1 Å². The predicted molar refractivity (Wildman–Crippen MR) is 55.2 cm³/mol. The van der Waals surface area contributed by atoms with Gasteiger partial charge >= 0.3 is 0 Å². The molecular weight excluding hydrogens is 184 g/mol. The van der Waals surface area contributed by atoms with E-state index in [4.69, 9.17) is 11.6 Å². The van der Waals surface area contributed by atoms with Crippen LogP contribution in [0.25, 0.3) is 0 Å². The van der Waals surface area contributed by atoms with Crippen LogP contribution in [0.5, 0.6) is 0 Å². The Morgan fingerprint density at radius 3 is 2.54 bits per heavy atom. The van der Waals surface area contributed by atoms with Crippen LogP contribution >= 0.6 is 11.6 Å². The van der Waals surface area contributed by atoms with Gasteiger partial charge in [0.25, 0.3) is 0 Å². The first-order chi connectivity index (χ1) is 6.24. The van der Waals surface area contributed by atoms with Crippen LogP contribution in [0.3, 0.4) is 0 Å². The SMILES string of the molecule is CC(CCC=O)c1ccc(Cl)cc1. The highest BCUT2D eigenvalue weighted by Gasteiger charge is 2.03. The first-order valence-corrected chi connectivity index (χ1v) is 4.81. The molecule has 0 aliphatic carbocycles. The van der Waals surface area contributed by atoms with Gasteiger partial charge in [0.15, 0.2) is 0 Å². The summed E-state index contributed by atoms with van der Waals surface area (Å²) in [5.41, 5.74) is 1.24. The molecule has 1 aromatic rings. The summed E-state index contributed by atoms with van der Waals surface area (Å²) < 4.78 is 0. The third-order valence-corrected chi connectivity index (χ3v) is 2.41. The van der Waals surface area contributed by atoms with Gasteiger partial charge in [-0.1, -0.05) is 30.7 Å². The number of hydrogen-bond donors (Lipinski definition) is 0. The second-order valence-corrected chi connectivity index (χ2v) is 3.63. The zero-order valence-corrected chi connectivity index (χ0v) is 8.42. The van der Waals surface area contributed by atoms with Crippen molar-refractivity contribution in [2.45, 2.75) is 25.7 Å². The molecule has 1 nitrogen and oxygen atoms in total. The summed E-state index contributed by atoms with van der Waals surface area (Å²) in [7, 11) is 0. The molecule has 13 heavy (non-hydrogen) atoms. The second kappa shape index (κ2) is 5.03. The largest absolute Gasteiger partial charge is 0.303 e. The minimum absolute atomic E-state index is 0.433. The highest BCUT2D eigenvalue weighted by molar-refractivity contribution is 6.30. The van der Waals surface area contributed by atoms with E-state index in [1.165, 1.54) is 5.56 Å². The lowest BCUT2D eigenvalue weighted by Crippen LogP contribution is -1.93. The van der Waals surface area contributed by atoms with Crippen molar-refractivity contribution in [2.24, 2.45) is 0 Å². The molecule has 2 heteroatoms. The molecule has 1 unspecified atom stereocenters. The number of benzene rings is 1. The summed E-state index contributed by atoms with van der Waals surface area (Å²) in [6.07, 6.45) is 2.50. The molecule has 0 aromatic heterocycles. The standard InChI is InChI=1S/C11H13ClO/c1-9(3-2-8-13)10-4-6-11(12)7-5-10/h4-9H,2-3H2,1H3. The number of carbonyl (C=O) groups is 1. The number of halogens is 1. The van der Waals surface area contributed by atoms with Gasteiger partial charge in [-0.2, -0.15) is 0 Å². The molecule has 0 spiro atoms. The number of carbonyl (C=O) groups excluding carboxylic acids is 1. The van der Waals surface area contributed by atoms with E-state index in [2.05, 4.69) is 6.92 Å². The molecule has 0 bridgehead atoms. The monoisotopic (exact) mass is 196 g/mol. The van der Waals surface area contributed by atoms with Gasteiger partial charge in [0.2, 0.25) is 0 Å². The molecule has 0 N–H and O–H groups in total. The van der Waals surface area contributed by atoms with Crippen molar-refractivity contribution < 1.29 is 4.79 Å². The van der Waals surface area contributed by atoms with Crippen LogP contribution in [0.1, 0.15) is 31.2 Å². The van der Waals surface area contributed by atoms with E-state index in [0.717, 1.165) is 17.7 Å². The fourth-order valence-corrected chi connectivity index (χ4v) is 1.40. The van der Waals surface area contributed by atoms with Gasteiger partial charge < -0.3 is 4.79 Å². The molecule has 1 aromatic carbocycles. The van der Waals surface area contributed by atoms with E-state index in [-0.39, 0.29) is 0 Å². The van der Waals surface area contributed by atoms with E-state index >= 15 is 0 Å². The summed E-state index contributed by atoms with van der Waals surface area (Å²) >= 11 is 5.76. The van der Waals surface area contributed by atoms with Crippen LogP contribution in [-0.2, 0) is 4.79 Å². The van der Waals surface area contributed by atoms with Crippen molar-refractivity contribution in [2.75, 3.05) is 0 Å². The Bertz CT molecular complexity index is 266. The third kappa shape index (κ3) is 3.19. The first-order valence-electron chi connectivity index (χ1n) is 4.43. The molecular formula is C11H13ClO. The Balaban J connectivity index is 2.60. The van der Waals surface area contributed by atoms with Crippen LogP contribution in [0, 0.1) is 0 Å². The molecule has 0 saturated heterocycles. The summed E-state index contributed by atoms with van der Waals surface area (Å²) in [6, 6.07) is 7.79. The minimum Gasteiger partial charge on any atom is -0.303 e. The van der Waals surface area contributed by atoms with Crippen molar-refractivity contribution in [3.05, 3.63) is 34.9 Å². The summed E-state index contributed by atoms with van der Waals surface area (Å²) in [5, 5.41) is 0.756. The normalized spacial score (nSPS) is 12.5. The summed E-state index contributed by atoms with van der Waals surface area (Å²) in [4.78, 5) is 10.2. The average molecular weight is 197 g/mol. The molecule has 0 radical (unpaired) electrons. The highest BCUT2D eigenvalue weighted by atomic mass is 35.5. The second-order valence-electron chi connectivity index (χ2n) is 3.20. The van der Waals surface area contributed by atoms with Crippen molar-refractivity contribution in [1.82, 2.24) is 0 Å². The maximum absolute atomic E-state index is 10.2. The van der Waals surface area contributed by atoms with Crippen LogP contribution in [0.15, 0.2) is 24.3 Å². The van der Waals surface area contributed by atoms with Gasteiger partial charge in [-0.3, -0.25) is 0 Å². The van der Waals surface area contributed by atoms with E-state index in [9.17, 15) is 4.79 Å². The Morgan fingerprint density at radius 2 is 2.00 bits per heavy atom. The van der Waals surface area contributed by atoms with Crippen molar-refractivity contribution in [3.8, 4) is 0 Å². The van der Waals surface area contributed by atoms with Gasteiger partial charge in [-0.15, -0.1) is 0 Å². The lowest BCUT2D eigenvalue weighted by molar-refractivity contribution is -0.108. The highest BCUT2D eigenvalue weighted by Crippen LogP contribution is 2.21. The fourth-order valence-electron chi connectivity index (χ4n) is 1.28. The maximum atomic E-state index is 10.2. The molecule has 0 saturated carbocycles. The van der Waals surface area contributed by atoms with E-state index in [0.29, 0.717) is 12.3 Å². The van der Waals surface area contributed by atoms with Crippen LogP contribution in [-0.4, -0.2) is 6.29 Å². The minimum atomic E-state index is 0.433. The molecule has 70 valence electrons. The lowest BCUT2D eigenvalue weighted by atomic mass is 9.97. The Labute approximate surface area is 83.7 Å². The van der Waals surface area contributed by atoms with Crippen molar-refractivity contribution in [1.29, 1.82) is 0 Å². The predicted octanol–water partition coefficient (Wildman–Crippen LogP) is 3.42. The van der Waals surface area contributed by atoms with Crippen molar-refractivity contribution >= 4 is 17.9 Å². The van der Waals surface area contributed by atoms with Gasteiger partial charge in [-0.05, 0) is 30.0 Å². The third-order valence-electron chi connectivity index (χ3n) is 2.16. The van der Waals surface area contributed by atoms with Gasteiger partial charge in [0, 0.05) is 11.4 Å².